The lowest BCUT2D eigenvalue weighted by Gasteiger charge is -2.36. The minimum absolute atomic E-state index is 0.0877. The minimum Gasteiger partial charge on any atom is -0.444 e. The van der Waals surface area contributed by atoms with Crippen molar-refractivity contribution in [3.05, 3.63) is 35.4 Å². The monoisotopic (exact) mass is 415 g/mol. The molecule has 1 atom stereocenters. The SMILES string of the molecule is CC(C)(C)OC(=O)N1Cc2ccccc2C[C@H]1C(=O)NCC(=O)NC1CCCCC1. The van der Waals surface area contributed by atoms with E-state index in [-0.39, 0.29) is 24.4 Å². The molecule has 30 heavy (non-hydrogen) atoms. The molecule has 7 nitrogen and oxygen atoms in total. The summed E-state index contributed by atoms with van der Waals surface area (Å²) in [6.45, 7) is 5.61. The van der Waals surface area contributed by atoms with E-state index in [1.54, 1.807) is 20.8 Å². The summed E-state index contributed by atoms with van der Waals surface area (Å²) in [4.78, 5) is 39.5. The lowest BCUT2D eigenvalue weighted by Crippen LogP contribution is -2.55. The number of fused-ring (bicyclic) bond motifs is 1. The first-order valence-corrected chi connectivity index (χ1v) is 10.9. The normalized spacial score (nSPS) is 19.6. The molecule has 1 aliphatic heterocycles. The van der Waals surface area contributed by atoms with Crippen molar-refractivity contribution in [3.8, 4) is 0 Å². The number of carbonyl (C=O) groups is 3. The topological polar surface area (TPSA) is 87.7 Å². The van der Waals surface area contributed by atoms with Crippen molar-refractivity contribution in [1.29, 1.82) is 0 Å². The Labute approximate surface area is 178 Å². The van der Waals surface area contributed by atoms with Crippen LogP contribution in [0.25, 0.3) is 0 Å². The first-order chi connectivity index (χ1) is 14.2. The second-order valence-electron chi connectivity index (χ2n) is 9.22. The second-order valence-corrected chi connectivity index (χ2v) is 9.22. The summed E-state index contributed by atoms with van der Waals surface area (Å²) in [6, 6.07) is 7.26. The van der Waals surface area contributed by atoms with E-state index in [1.165, 1.54) is 11.3 Å². The summed E-state index contributed by atoms with van der Waals surface area (Å²) >= 11 is 0. The Kier molecular flexibility index (Phi) is 7.00. The van der Waals surface area contributed by atoms with Crippen molar-refractivity contribution < 1.29 is 19.1 Å². The number of benzene rings is 1. The number of nitrogens with one attached hydrogen (secondary N) is 2. The smallest absolute Gasteiger partial charge is 0.411 e. The summed E-state index contributed by atoms with van der Waals surface area (Å²) in [5.74, 6) is -0.524. The second kappa shape index (κ2) is 9.49. The van der Waals surface area contributed by atoms with Crippen LogP contribution in [0.5, 0.6) is 0 Å². The van der Waals surface area contributed by atoms with Crippen molar-refractivity contribution in [3.63, 3.8) is 0 Å². The zero-order chi connectivity index (χ0) is 21.7. The predicted octanol–water partition coefficient (Wildman–Crippen LogP) is 2.91. The number of ether oxygens (including phenoxy) is 1. The molecule has 1 aliphatic carbocycles. The lowest BCUT2D eigenvalue weighted by molar-refractivity contribution is -0.130. The van der Waals surface area contributed by atoms with Crippen LogP contribution in [0.1, 0.15) is 64.0 Å². The highest BCUT2D eigenvalue weighted by molar-refractivity contribution is 5.90. The number of amides is 3. The van der Waals surface area contributed by atoms with Crippen LogP contribution in [0, 0.1) is 0 Å². The standard InChI is InChI=1S/C23H33N3O4/c1-23(2,3)30-22(29)26-15-17-10-8-7-9-16(17)13-19(26)21(28)24-14-20(27)25-18-11-5-4-6-12-18/h7-10,18-19H,4-6,11-15H2,1-3H3,(H,24,28)(H,25,27)/t19-/m0/s1. The van der Waals surface area contributed by atoms with Gasteiger partial charge in [-0.15, -0.1) is 0 Å². The highest BCUT2D eigenvalue weighted by Gasteiger charge is 2.37. The van der Waals surface area contributed by atoms with Crippen LogP contribution >= 0.6 is 0 Å². The predicted molar refractivity (Wildman–Crippen MR) is 114 cm³/mol. The molecule has 0 bridgehead atoms. The first-order valence-electron chi connectivity index (χ1n) is 10.9. The van der Waals surface area contributed by atoms with E-state index in [9.17, 15) is 14.4 Å². The number of carbonyl (C=O) groups excluding carboxylic acids is 3. The fourth-order valence-corrected chi connectivity index (χ4v) is 4.08. The molecule has 2 aliphatic rings. The molecule has 1 aromatic rings. The molecule has 0 aromatic heterocycles. The summed E-state index contributed by atoms with van der Waals surface area (Å²) in [6.07, 6.45) is 5.33. The van der Waals surface area contributed by atoms with Crippen molar-refractivity contribution in [2.45, 2.75) is 83.5 Å². The molecule has 164 valence electrons. The van der Waals surface area contributed by atoms with Crippen LogP contribution in [0.3, 0.4) is 0 Å². The van der Waals surface area contributed by atoms with Crippen LogP contribution < -0.4 is 10.6 Å². The van der Waals surface area contributed by atoms with E-state index in [0.29, 0.717) is 13.0 Å². The fraction of sp³-hybridized carbons (Fsp3) is 0.609. The zero-order valence-electron chi connectivity index (χ0n) is 18.2. The van der Waals surface area contributed by atoms with Gasteiger partial charge in [0.25, 0.3) is 0 Å². The van der Waals surface area contributed by atoms with Gasteiger partial charge in [0, 0.05) is 12.5 Å². The summed E-state index contributed by atoms with van der Waals surface area (Å²) in [7, 11) is 0. The maximum Gasteiger partial charge on any atom is 0.411 e. The Morgan fingerprint density at radius 1 is 1.07 bits per heavy atom. The largest absolute Gasteiger partial charge is 0.444 e. The van der Waals surface area contributed by atoms with Gasteiger partial charge < -0.3 is 15.4 Å². The minimum atomic E-state index is -0.711. The molecule has 3 rings (SSSR count). The molecule has 7 heteroatoms. The van der Waals surface area contributed by atoms with E-state index < -0.39 is 17.7 Å². The third-order valence-corrected chi connectivity index (χ3v) is 5.57. The quantitative estimate of drug-likeness (QED) is 0.792. The van der Waals surface area contributed by atoms with Gasteiger partial charge in [-0.1, -0.05) is 43.5 Å². The van der Waals surface area contributed by atoms with Gasteiger partial charge >= 0.3 is 6.09 Å². The van der Waals surface area contributed by atoms with Gasteiger partial charge in [-0.05, 0) is 44.7 Å². The molecule has 0 unspecified atom stereocenters. The number of hydrogen-bond donors (Lipinski definition) is 2. The third-order valence-electron chi connectivity index (χ3n) is 5.57. The highest BCUT2D eigenvalue weighted by Crippen LogP contribution is 2.25. The highest BCUT2D eigenvalue weighted by atomic mass is 16.6. The molecule has 3 amide bonds. The zero-order valence-corrected chi connectivity index (χ0v) is 18.2. The van der Waals surface area contributed by atoms with Gasteiger partial charge in [0.2, 0.25) is 11.8 Å². The van der Waals surface area contributed by atoms with Gasteiger partial charge in [0.05, 0.1) is 13.1 Å². The molecular weight excluding hydrogens is 382 g/mol. The van der Waals surface area contributed by atoms with Gasteiger partial charge in [-0.25, -0.2) is 4.79 Å². The van der Waals surface area contributed by atoms with E-state index in [1.807, 2.05) is 24.3 Å². The molecule has 1 heterocycles. The maximum atomic E-state index is 12.9. The summed E-state index contributed by atoms with van der Waals surface area (Å²) < 4.78 is 5.53. The van der Waals surface area contributed by atoms with Crippen LogP contribution in [-0.4, -0.2) is 47.0 Å². The molecule has 0 spiro atoms. The number of hydrogen-bond acceptors (Lipinski definition) is 4. The fourth-order valence-electron chi connectivity index (χ4n) is 4.08. The summed E-state index contributed by atoms with van der Waals surface area (Å²) in [5.41, 5.74) is 1.38. The summed E-state index contributed by atoms with van der Waals surface area (Å²) in [5, 5.41) is 5.72. The molecular formula is C23H33N3O4. The molecule has 1 fully saturated rings. The van der Waals surface area contributed by atoms with Crippen molar-refractivity contribution in [2.24, 2.45) is 0 Å². The van der Waals surface area contributed by atoms with Crippen molar-refractivity contribution in [1.82, 2.24) is 15.5 Å². The maximum absolute atomic E-state index is 12.9. The van der Waals surface area contributed by atoms with E-state index in [2.05, 4.69) is 10.6 Å². The Bertz CT molecular complexity index is 781. The first kappa shape index (κ1) is 22.1. The van der Waals surface area contributed by atoms with E-state index >= 15 is 0 Å². The molecule has 2 N–H and O–H groups in total. The van der Waals surface area contributed by atoms with Crippen LogP contribution in [0.4, 0.5) is 4.79 Å². The van der Waals surface area contributed by atoms with Gasteiger partial charge in [-0.3, -0.25) is 14.5 Å². The van der Waals surface area contributed by atoms with E-state index in [4.69, 9.17) is 4.74 Å². The molecule has 0 radical (unpaired) electrons. The molecule has 0 saturated heterocycles. The lowest BCUT2D eigenvalue weighted by atomic mass is 9.94. The van der Waals surface area contributed by atoms with Crippen molar-refractivity contribution in [2.75, 3.05) is 6.54 Å². The number of nitrogens with zero attached hydrogens (tertiary/aromatic N) is 1. The Hall–Kier alpha value is -2.57. The average molecular weight is 416 g/mol. The van der Waals surface area contributed by atoms with Crippen LogP contribution in [0.15, 0.2) is 24.3 Å². The molecule has 1 aromatic carbocycles. The molecule has 1 saturated carbocycles. The van der Waals surface area contributed by atoms with Gasteiger partial charge in [0.15, 0.2) is 0 Å². The van der Waals surface area contributed by atoms with Gasteiger partial charge in [-0.2, -0.15) is 0 Å². The Morgan fingerprint density at radius 3 is 2.40 bits per heavy atom. The number of rotatable bonds is 4. The average Bonchev–Trinajstić information content (AvgIpc) is 2.70. The Balaban J connectivity index is 1.64. The third kappa shape index (κ3) is 5.97. The van der Waals surface area contributed by atoms with E-state index in [0.717, 1.165) is 36.8 Å². The van der Waals surface area contributed by atoms with Crippen LogP contribution in [0.2, 0.25) is 0 Å². The van der Waals surface area contributed by atoms with Gasteiger partial charge in [0.1, 0.15) is 11.6 Å². The Morgan fingerprint density at radius 2 is 1.73 bits per heavy atom. The van der Waals surface area contributed by atoms with Crippen LogP contribution in [-0.2, 0) is 27.3 Å². The van der Waals surface area contributed by atoms with Crippen molar-refractivity contribution >= 4 is 17.9 Å².